The molecule has 7 heteroatoms. The van der Waals surface area contributed by atoms with E-state index in [1.165, 1.54) is 5.56 Å². The van der Waals surface area contributed by atoms with Crippen LogP contribution >= 0.6 is 24.0 Å². The summed E-state index contributed by atoms with van der Waals surface area (Å²) < 4.78 is 11.1. The number of aliphatic imine (C=N–C) groups is 1. The largest absolute Gasteiger partial charge is 0.385 e. The maximum Gasteiger partial charge on any atom is 0.193 e. The van der Waals surface area contributed by atoms with Gasteiger partial charge in [0.25, 0.3) is 0 Å². The molecule has 1 fully saturated rings. The zero-order valence-electron chi connectivity index (χ0n) is 19.0. The van der Waals surface area contributed by atoms with Gasteiger partial charge in [-0.25, -0.2) is 0 Å². The Morgan fingerprint density at radius 3 is 2.57 bits per heavy atom. The number of ether oxygens (including phenoxy) is 2. The Bertz CT molecular complexity index is 566. The van der Waals surface area contributed by atoms with Crippen LogP contribution in [0.4, 0.5) is 0 Å². The number of guanidine groups is 1. The summed E-state index contributed by atoms with van der Waals surface area (Å²) >= 11 is 0. The molecule has 0 saturated carbocycles. The lowest BCUT2D eigenvalue weighted by Gasteiger charge is -2.34. The lowest BCUT2D eigenvalue weighted by atomic mass is 10.1. The van der Waals surface area contributed by atoms with Gasteiger partial charge in [0, 0.05) is 53.0 Å². The van der Waals surface area contributed by atoms with E-state index in [0.29, 0.717) is 6.10 Å². The Kier molecular flexibility index (Phi) is 15.2. The van der Waals surface area contributed by atoms with E-state index in [1.54, 1.807) is 7.11 Å². The maximum atomic E-state index is 5.97. The minimum absolute atomic E-state index is 0. The first-order chi connectivity index (χ1) is 14.2. The number of hydrogen-bond acceptors (Lipinski definition) is 4. The second-order valence-electron chi connectivity index (χ2n) is 7.72. The van der Waals surface area contributed by atoms with Gasteiger partial charge in [-0.3, -0.25) is 4.99 Å². The summed E-state index contributed by atoms with van der Waals surface area (Å²) in [6.45, 7) is 9.52. The third kappa shape index (κ3) is 10.9. The fourth-order valence-electron chi connectivity index (χ4n) is 3.61. The highest BCUT2D eigenvalue weighted by Gasteiger charge is 2.21. The van der Waals surface area contributed by atoms with Crippen LogP contribution in [-0.2, 0) is 16.0 Å². The van der Waals surface area contributed by atoms with E-state index in [1.807, 2.05) is 0 Å². The number of benzene rings is 1. The van der Waals surface area contributed by atoms with Crippen LogP contribution in [0.15, 0.2) is 35.3 Å². The van der Waals surface area contributed by atoms with Crippen molar-refractivity contribution in [2.45, 2.75) is 45.3 Å². The number of nitrogens with one attached hydrogen (secondary N) is 1. The molecule has 0 atom stereocenters. The lowest BCUT2D eigenvalue weighted by Crippen LogP contribution is -2.47. The van der Waals surface area contributed by atoms with Crippen LogP contribution in [0.3, 0.4) is 0 Å². The van der Waals surface area contributed by atoms with Gasteiger partial charge in [-0.2, -0.15) is 0 Å². The Morgan fingerprint density at radius 1 is 1.17 bits per heavy atom. The summed E-state index contributed by atoms with van der Waals surface area (Å²) in [6, 6.07) is 10.6. The molecule has 0 radical (unpaired) electrons. The van der Waals surface area contributed by atoms with Gasteiger partial charge in [0.15, 0.2) is 5.96 Å². The van der Waals surface area contributed by atoms with E-state index < -0.39 is 0 Å². The topological polar surface area (TPSA) is 49.3 Å². The van der Waals surface area contributed by atoms with Gasteiger partial charge in [0.1, 0.15) is 0 Å². The number of rotatable bonds is 12. The van der Waals surface area contributed by atoms with Crippen LogP contribution in [0.25, 0.3) is 0 Å². The van der Waals surface area contributed by atoms with Crippen molar-refractivity contribution in [1.29, 1.82) is 0 Å². The van der Waals surface area contributed by atoms with Gasteiger partial charge < -0.3 is 24.6 Å². The van der Waals surface area contributed by atoms with Gasteiger partial charge in [-0.1, -0.05) is 30.3 Å². The molecule has 0 spiro atoms. The summed E-state index contributed by atoms with van der Waals surface area (Å²) in [6.07, 6.45) is 4.54. The highest BCUT2D eigenvalue weighted by molar-refractivity contribution is 14.0. The van der Waals surface area contributed by atoms with Crippen LogP contribution in [0, 0.1) is 0 Å². The van der Waals surface area contributed by atoms with E-state index in [0.717, 1.165) is 84.1 Å². The Labute approximate surface area is 200 Å². The molecule has 172 valence electrons. The normalized spacial score (nSPS) is 15.3. The summed E-state index contributed by atoms with van der Waals surface area (Å²) in [4.78, 5) is 9.62. The van der Waals surface area contributed by atoms with E-state index in [9.17, 15) is 0 Å². The molecule has 0 unspecified atom stereocenters. The molecular weight excluding hydrogens is 491 g/mol. The number of halogens is 1. The molecule has 1 N–H and O–H groups in total. The molecule has 0 bridgehead atoms. The zero-order valence-corrected chi connectivity index (χ0v) is 21.3. The van der Waals surface area contributed by atoms with Crippen molar-refractivity contribution >= 4 is 29.9 Å². The number of likely N-dealkylation sites (tertiary alicyclic amines) is 1. The molecule has 2 rings (SSSR count). The first kappa shape index (κ1) is 27.1. The molecule has 1 aliphatic rings. The molecule has 0 amide bonds. The number of hydrogen-bond donors (Lipinski definition) is 1. The molecule has 1 aromatic rings. The Balaban J connectivity index is 0.00000450. The standard InChI is InChI=1S/C23H40N4O2.HI/c1-4-24-23(27-16-12-22(13-17-27)29-19-9-18-28-3)25-14-8-15-26(2)20-21-10-6-5-7-11-21;/h5-7,10-11,22H,4,8-9,12-20H2,1-3H3,(H,24,25);1H. The van der Waals surface area contributed by atoms with E-state index in [-0.39, 0.29) is 24.0 Å². The fourth-order valence-corrected chi connectivity index (χ4v) is 3.61. The lowest BCUT2D eigenvalue weighted by molar-refractivity contribution is 0.00990. The van der Waals surface area contributed by atoms with Gasteiger partial charge in [0.2, 0.25) is 0 Å². The van der Waals surface area contributed by atoms with Crippen molar-refractivity contribution < 1.29 is 9.47 Å². The minimum Gasteiger partial charge on any atom is -0.385 e. The van der Waals surface area contributed by atoms with Crippen molar-refractivity contribution in [3.63, 3.8) is 0 Å². The van der Waals surface area contributed by atoms with Crippen molar-refractivity contribution in [2.75, 3.05) is 60.1 Å². The van der Waals surface area contributed by atoms with Gasteiger partial charge in [-0.05, 0) is 51.8 Å². The van der Waals surface area contributed by atoms with Crippen molar-refractivity contribution in [3.8, 4) is 0 Å². The number of piperidine rings is 1. The van der Waals surface area contributed by atoms with Crippen LogP contribution in [0.1, 0.15) is 38.2 Å². The molecule has 0 aliphatic carbocycles. The van der Waals surface area contributed by atoms with E-state index in [4.69, 9.17) is 14.5 Å². The third-order valence-corrected chi connectivity index (χ3v) is 5.18. The SMILES string of the molecule is CCNC(=NCCCN(C)Cc1ccccc1)N1CCC(OCCCOC)CC1.I. The highest BCUT2D eigenvalue weighted by atomic mass is 127. The molecule has 6 nitrogen and oxygen atoms in total. The first-order valence-electron chi connectivity index (χ1n) is 11.1. The van der Waals surface area contributed by atoms with Crippen LogP contribution in [0.5, 0.6) is 0 Å². The van der Waals surface area contributed by atoms with Gasteiger partial charge in [-0.15, -0.1) is 24.0 Å². The summed E-state index contributed by atoms with van der Waals surface area (Å²) in [5, 5.41) is 3.46. The minimum atomic E-state index is 0. The average Bonchev–Trinajstić information content (AvgIpc) is 2.75. The summed E-state index contributed by atoms with van der Waals surface area (Å²) in [5.41, 5.74) is 1.36. The van der Waals surface area contributed by atoms with E-state index in [2.05, 4.69) is 59.4 Å². The molecule has 1 aromatic carbocycles. The van der Waals surface area contributed by atoms with Crippen molar-refractivity contribution in [3.05, 3.63) is 35.9 Å². The Morgan fingerprint density at radius 2 is 1.90 bits per heavy atom. The monoisotopic (exact) mass is 532 g/mol. The van der Waals surface area contributed by atoms with E-state index >= 15 is 0 Å². The quantitative estimate of drug-likeness (QED) is 0.193. The third-order valence-electron chi connectivity index (χ3n) is 5.18. The molecule has 1 heterocycles. The van der Waals surface area contributed by atoms with Crippen LogP contribution in [0.2, 0.25) is 0 Å². The van der Waals surface area contributed by atoms with Gasteiger partial charge in [0.05, 0.1) is 6.10 Å². The van der Waals surface area contributed by atoms with Gasteiger partial charge >= 0.3 is 0 Å². The number of methoxy groups -OCH3 is 1. The smallest absolute Gasteiger partial charge is 0.193 e. The highest BCUT2D eigenvalue weighted by Crippen LogP contribution is 2.14. The maximum absolute atomic E-state index is 5.97. The first-order valence-corrected chi connectivity index (χ1v) is 11.1. The second kappa shape index (κ2) is 16.8. The van der Waals surface area contributed by atoms with Crippen LogP contribution in [-0.4, -0.2) is 82.0 Å². The number of nitrogens with zero attached hydrogens (tertiary/aromatic N) is 3. The van der Waals surface area contributed by atoms with Crippen molar-refractivity contribution in [1.82, 2.24) is 15.1 Å². The molecule has 1 saturated heterocycles. The molecule has 1 aliphatic heterocycles. The zero-order chi connectivity index (χ0) is 20.7. The average molecular weight is 533 g/mol. The predicted octanol–water partition coefficient (Wildman–Crippen LogP) is 3.61. The second-order valence-corrected chi connectivity index (χ2v) is 7.72. The molecular formula is C23H41IN4O2. The van der Waals surface area contributed by atoms with Crippen molar-refractivity contribution in [2.24, 2.45) is 4.99 Å². The molecule has 30 heavy (non-hydrogen) atoms. The van der Waals surface area contributed by atoms with Crippen LogP contribution < -0.4 is 5.32 Å². The predicted molar refractivity (Wildman–Crippen MR) is 136 cm³/mol. The Hall–Kier alpha value is -0.900. The fraction of sp³-hybridized carbons (Fsp3) is 0.696. The summed E-state index contributed by atoms with van der Waals surface area (Å²) in [5.74, 6) is 1.05. The molecule has 0 aromatic heterocycles. The summed E-state index contributed by atoms with van der Waals surface area (Å²) in [7, 11) is 3.92.